The van der Waals surface area contributed by atoms with Crippen LogP contribution >= 0.6 is 0 Å². The van der Waals surface area contributed by atoms with E-state index in [1.54, 1.807) is 31.6 Å². The van der Waals surface area contributed by atoms with Crippen molar-refractivity contribution in [2.24, 2.45) is 0 Å². The van der Waals surface area contributed by atoms with Crippen LogP contribution in [-0.2, 0) is 6.54 Å². The Morgan fingerprint density at radius 3 is 2.52 bits per heavy atom. The minimum absolute atomic E-state index is 0.148. The van der Waals surface area contributed by atoms with Gasteiger partial charge in [0, 0.05) is 25.0 Å². The maximum atomic E-state index is 12.0. The first-order chi connectivity index (χ1) is 12.2. The van der Waals surface area contributed by atoms with Crippen LogP contribution in [0.4, 0.5) is 0 Å². The molecule has 1 N–H and O–H groups in total. The molecule has 1 aromatic heterocycles. The SMILES string of the molecule is COc1cccc(Oc2ccc(CNC(=O)c3cccnc3)cc2)c1. The predicted octanol–water partition coefficient (Wildman–Crippen LogP) is 3.81. The number of amides is 1. The minimum atomic E-state index is -0.148. The number of pyridine rings is 1. The lowest BCUT2D eigenvalue weighted by molar-refractivity contribution is 0.0950. The van der Waals surface area contributed by atoms with Crippen molar-refractivity contribution in [2.75, 3.05) is 7.11 Å². The van der Waals surface area contributed by atoms with Crippen molar-refractivity contribution in [3.05, 3.63) is 84.2 Å². The molecule has 0 spiro atoms. The second kappa shape index (κ2) is 7.97. The van der Waals surface area contributed by atoms with Crippen LogP contribution in [0.5, 0.6) is 17.2 Å². The van der Waals surface area contributed by atoms with Crippen molar-refractivity contribution in [3.8, 4) is 17.2 Å². The van der Waals surface area contributed by atoms with E-state index in [1.807, 2.05) is 48.5 Å². The van der Waals surface area contributed by atoms with Crippen molar-refractivity contribution in [1.82, 2.24) is 10.3 Å². The van der Waals surface area contributed by atoms with Gasteiger partial charge in [0.2, 0.25) is 0 Å². The Hall–Kier alpha value is -3.34. The number of aromatic nitrogens is 1. The van der Waals surface area contributed by atoms with E-state index in [1.165, 1.54) is 0 Å². The van der Waals surface area contributed by atoms with E-state index >= 15 is 0 Å². The first-order valence-electron chi connectivity index (χ1n) is 7.84. The molecule has 0 saturated carbocycles. The van der Waals surface area contributed by atoms with Gasteiger partial charge in [0.25, 0.3) is 5.91 Å². The molecule has 3 aromatic rings. The number of benzene rings is 2. The molecule has 1 amide bonds. The van der Waals surface area contributed by atoms with Crippen LogP contribution in [0.25, 0.3) is 0 Å². The summed E-state index contributed by atoms with van der Waals surface area (Å²) in [7, 11) is 1.62. The van der Waals surface area contributed by atoms with Crippen LogP contribution in [0.15, 0.2) is 73.1 Å². The Balaban J connectivity index is 1.57. The fraction of sp³-hybridized carbons (Fsp3) is 0.100. The molecule has 0 unspecified atom stereocenters. The second-order valence-corrected chi connectivity index (χ2v) is 5.35. The zero-order valence-electron chi connectivity index (χ0n) is 13.8. The number of nitrogens with one attached hydrogen (secondary N) is 1. The lowest BCUT2D eigenvalue weighted by atomic mass is 10.2. The highest BCUT2D eigenvalue weighted by molar-refractivity contribution is 5.93. The number of hydrogen-bond donors (Lipinski definition) is 1. The molecule has 2 aromatic carbocycles. The van der Waals surface area contributed by atoms with E-state index in [2.05, 4.69) is 10.3 Å². The largest absolute Gasteiger partial charge is 0.497 e. The quantitative estimate of drug-likeness (QED) is 0.744. The average Bonchev–Trinajstić information content (AvgIpc) is 2.68. The summed E-state index contributed by atoms with van der Waals surface area (Å²) in [5.74, 6) is 2.02. The summed E-state index contributed by atoms with van der Waals surface area (Å²) in [6.45, 7) is 0.438. The van der Waals surface area contributed by atoms with Crippen molar-refractivity contribution >= 4 is 5.91 Å². The second-order valence-electron chi connectivity index (χ2n) is 5.35. The number of methoxy groups -OCH3 is 1. The number of carbonyl (C=O) groups is 1. The van der Waals surface area contributed by atoms with Gasteiger partial charge in [-0.1, -0.05) is 18.2 Å². The summed E-state index contributed by atoms with van der Waals surface area (Å²) in [6.07, 6.45) is 3.18. The van der Waals surface area contributed by atoms with Crippen molar-refractivity contribution in [2.45, 2.75) is 6.54 Å². The molecule has 5 heteroatoms. The highest BCUT2D eigenvalue weighted by Crippen LogP contribution is 2.25. The van der Waals surface area contributed by atoms with Gasteiger partial charge in [0.1, 0.15) is 17.2 Å². The molecular weight excluding hydrogens is 316 g/mol. The molecule has 0 saturated heterocycles. The molecule has 5 nitrogen and oxygen atoms in total. The maximum absolute atomic E-state index is 12.0. The molecule has 25 heavy (non-hydrogen) atoms. The van der Waals surface area contributed by atoms with Crippen LogP contribution < -0.4 is 14.8 Å². The number of ether oxygens (including phenoxy) is 2. The Labute approximate surface area is 146 Å². The van der Waals surface area contributed by atoms with Gasteiger partial charge in [-0.05, 0) is 42.0 Å². The number of hydrogen-bond acceptors (Lipinski definition) is 4. The zero-order valence-corrected chi connectivity index (χ0v) is 13.8. The molecule has 0 radical (unpaired) electrons. The average molecular weight is 334 g/mol. The number of rotatable bonds is 6. The number of carbonyl (C=O) groups excluding carboxylic acids is 1. The fourth-order valence-electron chi connectivity index (χ4n) is 2.26. The van der Waals surface area contributed by atoms with Crippen LogP contribution in [0.1, 0.15) is 15.9 Å². The van der Waals surface area contributed by atoms with Crippen LogP contribution in [0.2, 0.25) is 0 Å². The maximum Gasteiger partial charge on any atom is 0.253 e. The van der Waals surface area contributed by atoms with Crippen molar-refractivity contribution in [3.63, 3.8) is 0 Å². The summed E-state index contributed by atoms with van der Waals surface area (Å²) in [4.78, 5) is 15.9. The Morgan fingerprint density at radius 1 is 1.00 bits per heavy atom. The minimum Gasteiger partial charge on any atom is -0.497 e. The zero-order chi connectivity index (χ0) is 17.5. The van der Waals surface area contributed by atoms with Gasteiger partial charge in [-0.3, -0.25) is 9.78 Å². The topological polar surface area (TPSA) is 60.5 Å². The third-order valence-corrected chi connectivity index (χ3v) is 3.58. The van der Waals surface area contributed by atoms with Gasteiger partial charge in [-0.15, -0.1) is 0 Å². The van der Waals surface area contributed by atoms with Gasteiger partial charge >= 0.3 is 0 Å². The summed E-state index contributed by atoms with van der Waals surface area (Å²) in [5, 5.41) is 2.86. The first kappa shape index (κ1) is 16.5. The Kier molecular flexibility index (Phi) is 5.26. The van der Waals surface area contributed by atoms with E-state index in [-0.39, 0.29) is 5.91 Å². The van der Waals surface area contributed by atoms with E-state index < -0.39 is 0 Å². The fourth-order valence-corrected chi connectivity index (χ4v) is 2.26. The molecule has 1 heterocycles. The molecule has 3 rings (SSSR count). The molecule has 0 bridgehead atoms. The molecular formula is C20H18N2O3. The summed E-state index contributed by atoms with van der Waals surface area (Å²) >= 11 is 0. The number of nitrogens with zero attached hydrogens (tertiary/aromatic N) is 1. The van der Waals surface area contributed by atoms with E-state index in [0.29, 0.717) is 17.9 Å². The predicted molar refractivity (Wildman–Crippen MR) is 94.9 cm³/mol. The third-order valence-electron chi connectivity index (χ3n) is 3.58. The summed E-state index contributed by atoms with van der Waals surface area (Å²) in [5.41, 5.74) is 1.52. The molecule has 126 valence electrons. The normalized spacial score (nSPS) is 10.1. The monoisotopic (exact) mass is 334 g/mol. The molecule has 0 aliphatic rings. The van der Waals surface area contributed by atoms with Gasteiger partial charge in [0.15, 0.2) is 0 Å². The van der Waals surface area contributed by atoms with E-state index in [9.17, 15) is 4.79 Å². The Bertz CT molecular complexity index is 833. The van der Waals surface area contributed by atoms with Crippen LogP contribution in [0, 0.1) is 0 Å². The van der Waals surface area contributed by atoms with Crippen molar-refractivity contribution in [1.29, 1.82) is 0 Å². The van der Waals surface area contributed by atoms with Gasteiger partial charge < -0.3 is 14.8 Å². The standard InChI is InChI=1S/C20H18N2O3/c1-24-18-5-2-6-19(12-18)25-17-9-7-15(8-10-17)13-22-20(23)16-4-3-11-21-14-16/h2-12,14H,13H2,1H3,(H,22,23). The highest BCUT2D eigenvalue weighted by Gasteiger charge is 2.05. The molecule has 0 atom stereocenters. The molecule has 0 aliphatic carbocycles. The van der Waals surface area contributed by atoms with Gasteiger partial charge in [-0.2, -0.15) is 0 Å². The smallest absolute Gasteiger partial charge is 0.253 e. The lowest BCUT2D eigenvalue weighted by Gasteiger charge is -2.09. The van der Waals surface area contributed by atoms with Crippen molar-refractivity contribution < 1.29 is 14.3 Å². The lowest BCUT2D eigenvalue weighted by Crippen LogP contribution is -2.22. The summed E-state index contributed by atoms with van der Waals surface area (Å²) < 4.78 is 11.0. The third kappa shape index (κ3) is 4.57. The van der Waals surface area contributed by atoms with E-state index in [4.69, 9.17) is 9.47 Å². The first-order valence-corrected chi connectivity index (χ1v) is 7.84. The summed E-state index contributed by atoms with van der Waals surface area (Å²) in [6, 6.07) is 18.4. The molecule has 0 aliphatic heterocycles. The van der Waals surface area contributed by atoms with E-state index in [0.717, 1.165) is 17.1 Å². The van der Waals surface area contributed by atoms with Crippen LogP contribution in [0.3, 0.4) is 0 Å². The highest BCUT2D eigenvalue weighted by atomic mass is 16.5. The van der Waals surface area contributed by atoms with Crippen LogP contribution in [-0.4, -0.2) is 18.0 Å². The van der Waals surface area contributed by atoms with Gasteiger partial charge in [0.05, 0.1) is 12.7 Å². The molecule has 0 fully saturated rings. The van der Waals surface area contributed by atoms with Gasteiger partial charge in [-0.25, -0.2) is 0 Å². The Morgan fingerprint density at radius 2 is 1.80 bits per heavy atom.